The van der Waals surface area contributed by atoms with Crippen LogP contribution in [0.25, 0.3) is 0 Å². The smallest absolute Gasteiger partial charge is 0.326 e. The van der Waals surface area contributed by atoms with Crippen molar-refractivity contribution < 1.29 is 72.6 Å². The van der Waals surface area contributed by atoms with Crippen LogP contribution in [-0.4, -0.2) is 169 Å². The van der Waals surface area contributed by atoms with E-state index in [1.54, 1.807) is 20.8 Å². The van der Waals surface area contributed by atoms with E-state index in [2.05, 4.69) is 101 Å². The monoisotopic (exact) mass is 1460 g/mol. The second kappa shape index (κ2) is 58.0. The molecule has 596 valence electrons. The van der Waals surface area contributed by atoms with Gasteiger partial charge < -0.3 is 70.5 Å². The predicted molar refractivity (Wildman–Crippen MR) is 414 cm³/mol. The van der Waals surface area contributed by atoms with E-state index in [4.69, 9.17) is 28.8 Å². The Balaban J connectivity index is 2.48. The number of rotatable bonds is 68. The van der Waals surface area contributed by atoms with Crippen molar-refractivity contribution in [3.63, 3.8) is 0 Å². The first-order valence-electron chi connectivity index (χ1n) is 40.3. The highest BCUT2D eigenvalue weighted by Gasteiger charge is 2.41. The molecule has 0 spiro atoms. The molecule has 1 rings (SSSR count). The third kappa shape index (κ3) is 50.9. The molecule has 21 nitrogen and oxygen atoms in total. The van der Waals surface area contributed by atoms with Gasteiger partial charge in [0.1, 0.15) is 12.1 Å². The summed E-state index contributed by atoms with van der Waals surface area (Å²) >= 11 is 0. The van der Waals surface area contributed by atoms with Gasteiger partial charge in [0, 0.05) is 51.9 Å². The number of nitrogens with one attached hydrogen (secondary N) is 5. The number of carbonyl (C=O) groups excluding carboxylic acids is 4. The normalized spacial score (nSPS) is 16.0. The molecule has 0 aromatic rings. The maximum atomic E-state index is 13.5. The van der Waals surface area contributed by atoms with Crippen LogP contribution in [0.3, 0.4) is 0 Å². The number of aliphatic carboxylic acids is 3. The molecule has 1 aliphatic rings. The Hall–Kier alpha value is -5.19. The second-order valence-electron chi connectivity index (χ2n) is 30.6. The highest BCUT2D eigenvalue weighted by Crippen LogP contribution is 2.36. The first-order valence-corrected chi connectivity index (χ1v) is 40.3. The van der Waals surface area contributed by atoms with E-state index in [0.29, 0.717) is 45.3 Å². The summed E-state index contributed by atoms with van der Waals surface area (Å²) in [6.07, 6.45) is 55.6. The number of nitrogens with zero attached hydrogens (tertiary/aromatic N) is 1. The summed E-state index contributed by atoms with van der Waals surface area (Å²) in [7, 11) is 2.19. The number of amides is 5. The fourth-order valence-corrected chi connectivity index (χ4v) is 12.0. The molecule has 0 radical (unpaired) electrons. The van der Waals surface area contributed by atoms with Crippen LogP contribution in [0.15, 0.2) is 48.6 Å². The molecule has 0 bridgehead atoms. The van der Waals surface area contributed by atoms with E-state index < -0.39 is 70.4 Å². The average molecular weight is 1460 g/mol. The molecule has 103 heavy (non-hydrogen) atoms. The molecule has 1 aliphatic heterocycles. The van der Waals surface area contributed by atoms with Gasteiger partial charge in [-0.1, -0.05) is 160 Å². The van der Waals surface area contributed by atoms with Crippen LogP contribution >= 0.6 is 0 Å². The van der Waals surface area contributed by atoms with Gasteiger partial charge >= 0.3 is 23.9 Å². The summed E-state index contributed by atoms with van der Waals surface area (Å²) in [5.74, 6) is -5.00. The number of urea groups is 1. The van der Waals surface area contributed by atoms with Gasteiger partial charge in [0.15, 0.2) is 5.79 Å². The summed E-state index contributed by atoms with van der Waals surface area (Å²) in [5.41, 5.74) is -3.13. The van der Waals surface area contributed by atoms with Crippen molar-refractivity contribution in [2.75, 3.05) is 66.2 Å². The Kier molecular flexibility index (Phi) is 53.9. The van der Waals surface area contributed by atoms with Gasteiger partial charge in [-0.3, -0.25) is 19.2 Å². The van der Waals surface area contributed by atoms with E-state index in [0.717, 1.165) is 77.3 Å². The van der Waals surface area contributed by atoms with Gasteiger partial charge in [0.25, 0.3) is 0 Å². The molecule has 0 aliphatic carbocycles. The second-order valence-corrected chi connectivity index (χ2v) is 30.6. The quantitative estimate of drug-likeness (QED) is 0.0207. The van der Waals surface area contributed by atoms with Crippen molar-refractivity contribution in [1.82, 2.24) is 31.5 Å². The van der Waals surface area contributed by atoms with Crippen LogP contribution < -0.4 is 26.6 Å². The molecular formula is C82H148N6O15. The Labute approximate surface area is 623 Å². The van der Waals surface area contributed by atoms with Gasteiger partial charge in [-0.15, -0.1) is 0 Å². The number of hydrogen-bond acceptors (Lipinski definition) is 13. The Morgan fingerprint density at radius 1 is 0.524 bits per heavy atom. The molecule has 0 aromatic heterocycles. The number of unbranched alkanes of at least 4 members (excludes halogenated alkanes) is 21. The van der Waals surface area contributed by atoms with Gasteiger partial charge in [0.05, 0.1) is 61.2 Å². The van der Waals surface area contributed by atoms with Crippen LogP contribution in [0.1, 0.15) is 320 Å². The van der Waals surface area contributed by atoms with E-state index in [1.807, 2.05) is 34.6 Å². The first-order chi connectivity index (χ1) is 49.2. The standard InChI is InChI=1S/C82H148N6O15/c1-12-16-18-20-22-24-26-28-30-32-34-36-38-40-42-47-56-82(57-48-43-41-39-37-35-33-31-29-27-25-23-21-19-17-13-2)100-64-68(103-82)55-61-88(11)60-50-44-45-52-71(89)85-65-81(10,15-4)102-66-79(7,8)99-62-59-84-76(97)80(9,14-3)67-101-78(5,6)63-72(90)83-58-49-46-51-69(74(93)94)86-77(98)87-70(75(95)96)53-54-73(91)92/h22-25,28-31,68-70H,12-21,26-27,32-67H2,1-11H3,(H,83,90)(H,84,97)(H,85,89)(H,91,92)(H,93,94)(H,95,96)(H2,86,87,98)/b24-22-,25-23-,30-28-,31-29-/t68?,69-,70-,80?,81?/m1/s1. The zero-order valence-electron chi connectivity index (χ0n) is 66.5. The third-order valence-electron chi connectivity index (χ3n) is 19.6. The SMILES string of the molecule is CCCCC/C=C\C/C=C\CCCCCCCCC1(CCCCCCCC/C=C\C/C=C\CCCCC)OCC(CCN(C)CCCCCC(=O)NCC(C)(CC)OCC(C)(C)OCCNC(=O)C(C)(CC)COC(C)(C)CC(=O)NCCCC[C@@H](NC(=O)N[C@H](CCC(=O)O)C(=O)O)C(=O)O)O1. The lowest BCUT2D eigenvalue weighted by molar-refractivity contribution is -0.180. The minimum Gasteiger partial charge on any atom is -0.481 e. The molecule has 5 atom stereocenters. The van der Waals surface area contributed by atoms with E-state index in [9.17, 15) is 43.8 Å². The maximum absolute atomic E-state index is 13.5. The minimum absolute atomic E-state index is 0.0102. The van der Waals surface area contributed by atoms with Gasteiger partial charge in [-0.05, 0) is 190 Å². The maximum Gasteiger partial charge on any atom is 0.326 e. The molecule has 1 heterocycles. The van der Waals surface area contributed by atoms with E-state index in [1.165, 1.54) is 128 Å². The highest BCUT2D eigenvalue weighted by atomic mass is 16.7. The number of carboxylic acids is 3. The number of ether oxygens (including phenoxy) is 5. The van der Waals surface area contributed by atoms with Crippen molar-refractivity contribution in [3.05, 3.63) is 48.6 Å². The summed E-state index contributed by atoms with van der Waals surface area (Å²) < 4.78 is 32.4. The Morgan fingerprint density at radius 3 is 1.57 bits per heavy atom. The van der Waals surface area contributed by atoms with Crippen LogP contribution in [0.2, 0.25) is 0 Å². The lowest BCUT2D eigenvalue weighted by atomic mass is 9.87. The topological polar surface area (TPSA) is 290 Å². The zero-order chi connectivity index (χ0) is 76.5. The lowest BCUT2D eigenvalue weighted by Crippen LogP contribution is -2.51. The first kappa shape index (κ1) is 95.8. The molecule has 1 saturated heterocycles. The lowest BCUT2D eigenvalue weighted by Gasteiger charge is -2.34. The molecule has 3 unspecified atom stereocenters. The van der Waals surface area contributed by atoms with Crippen molar-refractivity contribution in [1.29, 1.82) is 0 Å². The van der Waals surface area contributed by atoms with Crippen LogP contribution in [0, 0.1) is 5.41 Å². The Morgan fingerprint density at radius 2 is 1.05 bits per heavy atom. The number of allylic oxidation sites excluding steroid dienone is 8. The van der Waals surface area contributed by atoms with Crippen molar-refractivity contribution in [2.24, 2.45) is 5.41 Å². The summed E-state index contributed by atoms with van der Waals surface area (Å²) in [5, 5.41) is 40.9. The number of hydrogen-bond donors (Lipinski definition) is 8. The van der Waals surface area contributed by atoms with Gasteiger partial charge in [-0.2, -0.15) is 0 Å². The van der Waals surface area contributed by atoms with Crippen LogP contribution in [-0.2, 0) is 52.5 Å². The molecule has 8 N–H and O–H groups in total. The van der Waals surface area contributed by atoms with Crippen LogP contribution in [0.5, 0.6) is 0 Å². The fourth-order valence-electron chi connectivity index (χ4n) is 12.0. The molecule has 1 fully saturated rings. The van der Waals surface area contributed by atoms with Crippen molar-refractivity contribution in [2.45, 2.75) is 360 Å². The number of carboxylic acid groups (broad SMARTS) is 3. The zero-order valence-corrected chi connectivity index (χ0v) is 66.5. The predicted octanol–water partition coefficient (Wildman–Crippen LogP) is 16.6. The van der Waals surface area contributed by atoms with Gasteiger partial charge in [-0.25, -0.2) is 14.4 Å². The number of carbonyl (C=O) groups is 7. The molecular weight excluding hydrogens is 1310 g/mol. The molecule has 0 saturated carbocycles. The van der Waals surface area contributed by atoms with Crippen molar-refractivity contribution >= 4 is 41.7 Å². The van der Waals surface area contributed by atoms with Crippen molar-refractivity contribution in [3.8, 4) is 0 Å². The molecule has 5 amide bonds. The average Bonchev–Trinajstić information content (AvgIpc) is 1.66. The largest absolute Gasteiger partial charge is 0.481 e. The highest BCUT2D eigenvalue weighted by molar-refractivity contribution is 5.86. The summed E-state index contributed by atoms with van der Waals surface area (Å²) in [4.78, 5) is 88.3. The van der Waals surface area contributed by atoms with E-state index >= 15 is 0 Å². The fraction of sp³-hybridized carbons (Fsp3) is 0.817. The molecule has 21 heteroatoms. The minimum atomic E-state index is -1.51. The Bertz CT molecular complexity index is 2370. The summed E-state index contributed by atoms with van der Waals surface area (Å²) in [6, 6.07) is -3.92. The van der Waals surface area contributed by atoms with Crippen LogP contribution in [0.4, 0.5) is 4.79 Å². The van der Waals surface area contributed by atoms with E-state index in [-0.39, 0.29) is 76.0 Å². The third-order valence-corrected chi connectivity index (χ3v) is 19.6. The van der Waals surface area contributed by atoms with Gasteiger partial charge in [0.2, 0.25) is 17.7 Å². The summed E-state index contributed by atoms with van der Waals surface area (Å²) in [6.45, 7) is 23.6. The molecule has 0 aromatic carbocycles.